The minimum Gasteiger partial charge on any atom is -0.293 e. The zero-order valence-corrected chi connectivity index (χ0v) is 10.8. The third-order valence-corrected chi connectivity index (χ3v) is 2.19. The van der Waals surface area contributed by atoms with Crippen LogP contribution in [0.15, 0.2) is 28.9 Å². The molecule has 0 radical (unpaired) electrons. The van der Waals surface area contributed by atoms with Gasteiger partial charge in [-0.2, -0.15) is 0 Å². The molecule has 0 aromatic heterocycles. The van der Waals surface area contributed by atoms with E-state index in [1.807, 2.05) is 6.21 Å². The second-order valence-electron chi connectivity index (χ2n) is 3.95. The average molecular weight is 221 g/mol. The third-order valence-electron chi connectivity index (χ3n) is 2.19. The lowest BCUT2D eigenvalue weighted by atomic mass is 10.1. The molecule has 0 aliphatic carbocycles. The van der Waals surface area contributed by atoms with Crippen molar-refractivity contribution in [3.63, 3.8) is 0 Å². The fraction of sp³-hybridized carbons (Fsp3) is 0.571. The summed E-state index contributed by atoms with van der Waals surface area (Å²) in [5.74, 6) is 0.00463. The molecule has 0 rings (SSSR count). The van der Waals surface area contributed by atoms with E-state index in [4.69, 9.17) is 0 Å². The van der Waals surface area contributed by atoms with E-state index in [9.17, 15) is 4.79 Å². The Hall–Kier alpha value is -1.18. The van der Waals surface area contributed by atoms with E-state index in [0.29, 0.717) is 5.70 Å². The topological polar surface area (TPSA) is 29.4 Å². The van der Waals surface area contributed by atoms with Crippen molar-refractivity contribution in [2.75, 3.05) is 0 Å². The first-order valence-corrected chi connectivity index (χ1v) is 6.04. The first-order valence-electron chi connectivity index (χ1n) is 6.04. The molecule has 0 spiro atoms. The van der Waals surface area contributed by atoms with Crippen molar-refractivity contribution in [2.24, 2.45) is 4.99 Å². The largest absolute Gasteiger partial charge is 0.293 e. The molecule has 0 bridgehead atoms. The maximum atomic E-state index is 11.3. The molecule has 0 aromatic rings. The van der Waals surface area contributed by atoms with Crippen LogP contribution >= 0.6 is 0 Å². The summed E-state index contributed by atoms with van der Waals surface area (Å²) in [6.45, 7) is 9.68. The van der Waals surface area contributed by atoms with Crippen LogP contribution in [0.5, 0.6) is 0 Å². The summed E-state index contributed by atoms with van der Waals surface area (Å²) in [6.07, 6.45) is 8.78. The maximum Gasteiger partial charge on any atom is 0.178 e. The number of rotatable bonds is 8. The lowest BCUT2D eigenvalue weighted by Gasteiger charge is -1.99. The van der Waals surface area contributed by atoms with Gasteiger partial charge in [0.2, 0.25) is 0 Å². The van der Waals surface area contributed by atoms with Crippen LogP contribution < -0.4 is 0 Å². The van der Waals surface area contributed by atoms with Gasteiger partial charge in [0, 0.05) is 13.1 Å². The predicted molar refractivity (Wildman–Crippen MR) is 70.8 cm³/mol. The van der Waals surface area contributed by atoms with Gasteiger partial charge in [0.25, 0.3) is 0 Å². The maximum absolute atomic E-state index is 11.3. The Kier molecular flexibility index (Phi) is 8.41. The van der Waals surface area contributed by atoms with Gasteiger partial charge in [-0.05, 0) is 25.3 Å². The van der Waals surface area contributed by atoms with Crippen molar-refractivity contribution >= 4 is 12.0 Å². The molecule has 0 saturated heterocycles. The molecule has 0 aliphatic heterocycles. The van der Waals surface area contributed by atoms with E-state index in [0.717, 1.165) is 37.7 Å². The van der Waals surface area contributed by atoms with Gasteiger partial charge >= 0.3 is 0 Å². The number of aliphatic imine (C=N–C) groups is 1. The molecule has 0 fully saturated rings. The van der Waals surface area contributed by atoms with Crippen LogP contribution in [0, 0.1) is 0 Å². The monoisotopic (exact) mass is 221 g/mol. The molecule has 90 valence electrons. The average Bonchev–Trinajstić information content (AvgIpc) is 2.22. The molecule has 0 saturated carbocycles. The summed E-state index contributed by atoms with van der Waals surface area (Å²) in [6, 6.07) is 0. The van der Waals surface area contributed by atoms with E-state index in [2.05, 4.69) is 25.4 Å². The Bertz CT molecular complexity index is 287. The van der Waals surface area contributed by atoms with Crippen LogP contribution in [0.25, 0.3) is 0 Å². The van der Waals surface area contributed by atoms with Crippen molar-refractivity contribution < 1.29 is 4.79 Å². The van der Waals surface area contributed by atoms with Gasteiger partial charge in [0.05, 0.1) is 0 Å². The van der Waals surface area contributed by atoms with Crippen LogP contribution in [-0.2, 0) is 4.79 Å². The number of carbonyl (C=O) groups is 1. The van der Waals surface area contributed by atoms with E-state index in [-0.39, 0.29) is 5.78 Å². The van der Waals surface area contributed by atoms with Gasteiger partial charge in [0.15, 0.2) is 5.78 Å². The molecule has 16 heavy (non-hydrogen) atoms. The van der Waals surface area contributed by atoms with Crippen LogP contribution in [0.1, 0.15) is 52.9 Å². The zero-order chi connectivity index (χ0) is 12.4. The summed E-state index contributed by atoms with van der Waals surface area (Å²) in [5.41, 5.74) is 1.50. The van der Waals surface area contributed by atoms with E-state index >= 15 is 0 Å². The standard InChI is InChI=1S/C14H23NO/c1-5-7-8-10-15-14(13(4)16)11-12(3)9-6-2/h10-11H,3,5-9H2,1-2,4H3/b14-11-,15-10-. The van der Waals surface area contributed by atoms with Crippen molar-refractivity contribution in [1.82, 2.24) is 0 Å². The van der Waals surface area contributed by atoms with Gasteiger partial charge in [-0.3, -0.25) is 9.79 Å². The van der Waals surface area contributed by atoms with Crippen LogP contribution in [0.2, 0.25) is 0 Å². The molecule has 0 unspecified atom stereocenters. The normalized spacial score (nSPS) is 12.1. The minimum atomic E-state index is 0.00463. The molecule has 2 nitrogen and oxygen atoms in total. The zero-order valence-electron chi connectivity index (χ0n) is 10.8. The molecule has 0 aromatic carbocycles. The van der Waals surface area contributed by atoms with E-state index < -0.39 is 0 Å². The molecular weight excluding hydrogens is 198 g/mol. The number of allylic oxidation sites excluding steroid dienone is 3. The summed E-state index contributed by atoms with van der Waals surface area (Å²) in [5, 5.41) is 0. The Morgan fingerprint density at radius 3 is 2.50 bits per heavy atom. The fourth-order valence-electron chi connectivity index (χ4n) is 1.27. The molecular formula is C14H23NO. The van der Waals surface area contributed by atoms with Crippen molar-refractivity contribution in [3.8, 4) is 0 Å². The Morgan fingerprint density at radius 2 is 2.00 bits per heavy atom. The van der Waals surface area contributed by atoms with Crippen LogP contribution in [0.3, 0.4) is 0 Å². The highest BCUT2D eigenvalue weighted by atomic mass is 16.1. The molecule has 0 heterocycles. The quantitative estimate of drug-likeness (QED) is 0.263. The fourth-order valence-corrected chi connectivity index (χ4v) is 1.27. The van der Waals surface area contributed by atoms with E-state index in [1.54, 1.807) is 13.0 Å². The Morgan fingerprint density at radius 1 is 1.31 bits per heavy atom. The van der Waals surface area contributed by atoms with Crippen molar-refractivity contribution in [1.29, 1.82) is 0 Å². The Balaban J connectivity index is 4.43. The van der Waals surface area contributed by atoms with Gasteiger partial charge in [-0.1, -0.05) is 38.8 Å². The van der Waals surface area contributed by atoms with Gasteiger partial charge in [0.1, 0.15) is 5.70 Å². The SMILES string of the molecule is C=C(/C=C(\N=C/CCCC)C(C)=O)CCC. The Labute approximate surface area is 99.2 Å². The third kappa shape index (κ3) is 7.16. The van der Waals surface area contributed by atoms with E-state index in [1.165, 1.54) is 0 Å². The summed E-state index contributed by atoms with van der Waals surface area (Å²) in [4.78, 5) is 15.5. The molecule has 0 aliphatic rings. The molecule has 0 N–H and O–H groups in total. The summed E-state index contributed by atoms with van der Waals surface area (Å²) in [7, 11) is 0. The minimum absolute atomic E-state index is 0.00463. The molecule has 0 amide bonds. The molecule has 0 atom stereocenters. The highest BCUT2D eigenvalue weighted by Gasteiger charge is 2.01. The van der Waals surface area contributed by atoms with Gasteiger partial charge < -0.3 is 0 Å². The second kappa shape index (κ2) is 9.08. The highest BCUT2D eigenvalue weighted by molar-refractivity contribution is 5.94. The highest BCUT2D eigenvalue weighted by Crippen LogP contribution is 2.09. The second-order valence-corrected chi connectivity index (χ2v) is 3.95. The van der Waals surface area contributed by atoms with Crippen LogP contribution in [-0.4, -0.2) is 12.0 Å². The number of unbranched alkanes of at least 4 members (excludes halogenated alkanes) is 2. The van der Waals surface area contributed by atoms with Gasteiger partial charge in [-0.25, -0.2) is 0 Å². The van der Waals surface area contributed by atoms with Gasteiger partial charge in [-0.15, -0.1) is 0 Å². The number of hydrogen-bond acceptors (Lipinski definition) is 2. The summed E-state index contributed by atoms with van der Waals surface area (Å²) < 4.78 is 0. The number of hydrogen-bond donors (Lipinski definition) is 0. The summed E-state index contributed by atoms with van der Waals surface area (Å²) >= 11 is 0. The molecule has 2 heteroatoms. The number of carbonyl (C=O) groups excluding carboxylic acids is 1. The predicted octanol–water partition coefficient (Wildman–Crippen LogP) is 4.08. The number of Topliss-reactive ketones (excluding diaryl/α,β-unsaturated/α-hetero) is 1. The first-order chi connectivity index (χ1) is 7.61. The van der Waals surface area contributed by atoms with Crippen molar-refractivity contribution in [2.45, 2.75) is 52.9 Å². The lowest BCUT2D eigenvalue weighted by molar-refractivity contribution is -0.113. The lowest BCUT2D eigenvalue weighted by Crippen LogP contribution is -1.95. The van der Waals surface area contributed by atoms with Crippen molar-refractivity contribution in [3.05, 3.63) is 23.9 Å². The van der Waals surface area contributed by atoms with Crippen LogP contribution in [0.4, 0.5) is 0 Å². The first kappa shape index (κ1) is 14.8. The number of nitrogens with zero attached hydrogens (tertiary/aromatic N) is 1. The number of ketones is 1. The smallest absolute Gasteiger partial charge is 0.178 e.